The summed E-state index contributed by atoms with van der Waals surface area (Å²) in [5.41, 5.74) is 3.51. The fourth-order valence-corrected chi connectivity index (χ4v) is 3.46. The van der Waals surface area contributed by atoms with Crippen LogP contribution in [0.4, 0.5) is 0 Å². The van der Waals surface area contributed by atoms with E-state index in [0.29, 0.717) is 18.1 Å². The number of benzene rings is 2. The molecule has 1 fully saturated rings. The molecule has 0 spiro atoms. The Hall–Kier alpha value is -2.49. The smallest absolute Gasteiger partial charge is 0.309 e. The number of esters is 1. The molecule has 0 amide bonds. The van der Waals surface area contributed by atoms with Gasteiger partial charge in [0, 0.05) is 5.92 Å². The Bertz CT molecular complexity index is 753. The number of carbonyl (C=O) groups excluding carboxylic acids is 1. The highest BCUT2D eigenvalue weighted by Gasteiger charge is 2.36. The molecule has 0 radical (unpaired) electrons. The number of hydrogen-bond acceptors (Lipinski definition) is 4. The summed E-state index contributed by atoms with van der Waals surface area (Å²) < 4.78 is 16.0. The van der Waals surface area contributed by atoms with Gasteiger partial charge in [0.25, 0.3) is 0 Å². The predicted molar refractivity (Wildman–Crippen MR) is 96.1 cm³/mol. The molecule has 1 heterocycles. The van der Waals surface area contributed by atoms with E-state index < -0.39 is 0 Å². The molecule has 0 N–H and O–H groups in total. The van der Waals surface area contributed by atoms with E-state index in [9.17, 15) is 4.79 Å². The maximum Gasteiger partial charge on any atom is 0.309 e. The summed E-state index contributed by atoms with van der Waals surface area (Å²) in [5, 5.41) is 0. The van der Waals surface area contributed by atoms with E-state index in [1.165, 1.54) is 11.1 Å². The van der Waals surface area contributed by atoms with Crippen molar-refractivity contribution < 1.29 is 19.0 Å². The van der Waals surface area contributed by atoms with Crippen LogP contribution < -0.4 is 9.47 Å². The summed E-state index contributed by atoms with van der Waals surface area (Å²) in [5.74, 6) is 1.40. The van der Waals surface area contributed by atoms with Crippen LogP contribution >= 0.6 is 0 Å². The number of methoxy groups -OCH3 is 2. The fourth-order valence-electron chi connectivity index (χ4n) is 3.46. The molecule has 4 nitrogen and oxygen atoms in total. The molecule has 1 saturated heterocycles. The molecule has 2 unspecified atom stereocenters. The average molecular weight is 340 g/mol. The predicted octanol–water partition coefficient (Wildman–Crippen LogP) is 3.59. The molecule has 2 aromatic carbocycles. The maximum atomic E-state index is 12.2. The van der Waals surface area contributed by atoms with E-state index >= 15 is 0 Å². The highest BCUT2D eigenvalue weighted by atomic mass is 16.5. The van der Waals surface area contributed by atoms with Gasteiger partial charge in [0.2, 0.25) is 0 Å². The lowest BCUT2D eigenvalue weighted by Gasteiger charge is -2.17. The van der Waals surface area contributed by atoms with Crippen molar-refractivity contribution in [1.82, 2.24) is 0 Å². The molecule has 4 heteroatoms. The van der Waals surface area contributed by atoms with E-state index in [4.69, 9.17) is 14.2 Å². The molecule has 1 aliphatic heterocycles. The third-order valence-corrected chi connectivity index (χ3v) is 4.80. The Labute approximate surface area is 148 Å². The lowest BCUT2D eigenvalue weighted by Crippen LogP contribution is -2.20. The fraction of sp³-hybridized carbons (Fsp3) is 0.381. The van der Waals surface area contributed by atoms with Gasteiger partial charge in [-0.15, -0.1) is 0 Å². The molecule has 1 aliphatic rings. The number of ether oxygens (including phenoxy) is 3. The van der Waals surface area contributed by atoms with Crippen molar-refractivity contribution in [2.45, 2.75) is 19.8 Å². The van der Waals surface area contributed by atoms with Crippen LogP contribution in [-0.4, -0.2) is 26.8 Å². The molecule has 3 rings (SSSR count). The van der Waals surface area contributed by atoms with E-state index in [2.05, 4.69) is 25.1 Å². The second-order valence-corrected chi connectivity index (χ2v) is 6.58. The van der Waals surface area contributed by atoms with Crippen LogP contribution in [-0.2, 0) is 22.4 Å². The third-order valence-electron chi connectivity index (χ3n) is 4.80. The highest BCUT2D eigenvalue weighted by molar-refractivity contribution is 5.75. The zero-order chi connectivity index (χ0) is 17.8. The first-order valence-corrected chi connectivity index (χ1v) is 8.53. The van der Waals surface area contributed by atoms with Gasteiger partial charge >= 0.3 is 5.97 Å². The second-order valence-electron chi connectivity index (χ2n) is 6.58. The van der Waals surface area contributed by atoms with Gasteiger partial charge in [-0.1, -0.05) is 35.9 Å². The zero-order valence-electron chi connectivity index (χ0n) is 15.0. The van der Waals surface area contributed by atoms with Crippen molar-refractivity contribution in [2.75, 3.05) is 20.8 Å². The van der Waals surface area contributed by atoms with Crippen LogP contribution in [0.15, 0.2) is 42.5 Å². The Morgan fingerprint density at radius 1 is 1.00 bits per heavy atom. The molecule has 132 valence electrons. The summed E-state index contributed by atoms with van der Waals surface area (Å²) >= 11 is 0. The molecule has 2 aromatic rings. The Morgan fingerprint density at radius 2 is 1.76 bits per heavy atom. The second kappa shape index (κ2) is 7.60. The third kappa shape index (κ3) is 3.95. The van der Waals surface area contributed by atoms with Gasteiger partial charge in [-0.25, -0.2) is 0 Å². The van der Waals surface area contributed by atoms with Crippen LogP contribution in [0.1, 0.15) is 16.7 Å². The largest absolute Gasteiger partial charge is 0.493 e. The highest BCUT2D eigenvalue weighted by Crippen LogP contribution is 2.33. The lowest BCUT2D eigenvalue weighted by atomic mass is 9.85. The van der Waals surface area contributed by atoms with E-state index in [0.717, 1.165) is 18.4 Å². The molecule has 25 heavy (non-hydrogen) atoms. The van der Waals surface area contributed by atoms with Crippen molar-refractivity contribution in [3.63, 3.8) is 0 Å². The first-order chi connectivity index (χ1) is 12.1. The molecule has 2 atom stereocenters. The number of aryl methyl sites for hydroxylation is 1. The Kier molecular flexibility index (Phi) is 5.27. The normalized spacial score (nSPS) is 19.6. The van der Waals surface area contributed by atoms with Crippen molar-refractivity contribution >= 4 is 5.97 Å². The van der Waals surface area contributed by atoms with Crippen LogP contribution in [0.25, 0.3) is 0 Å². The van der Waals surface area contributed by atoms with Crippen molar-refractivity contribution in [1.29, 1.82) is 0 Å². The molecular formula is C21H24O4. The molecule has 0 saturated carbocycles. The topological polar surface area (TPSA) is 44.8 Å². The minimum Gasteiger partial charge on any atom is -0.493 e. The first-order valence-electron chi connectivity index (χ1n) is 8.53. The zero-order valence-corrected chi connectivity index (χ0v) is 15.0. The minimum atomic E-state index is -0.102. The van der Waals surface area contributed by atoms with Gasteiger partial charge in [-0.2, -0.15) is 0 Å². The SMILES string of the molecule is COc1ccc(CC2COC(=O)C2Cc2cccc(C)c2)cc1OC. The molecular weight excluding hydrogens is 316 g/mol. The Morgan fingerprint density at radius 3 is 2.48 bits per heavy atom. The lowest BCUT2D eigenvalue weighted by molar-refractivity contribution is -0.141. The van der Waals surface area contributed by atoms with Crippen molar-refractivity contribution in [2.24, 2.45) is 11.8 Å². The van der Waals surface area contributed by atoms with Crippen molar-refractivity contribution in [3.05, 3.63) is 59.2 Å². The van der Waals surface area contributed by atoms with E-state index in [1.54, 1.807) is 14.2 Å². The van der Waals surface area contributed by atoms with Gasteiger partial charge < -0.3 is 14.2 Å². The average Bonchev–Trinajstić information content (AvgIpc) is 2.95. The van der Waals surface area contributed by atoms with E-state index in [1.807, 2.05) is 24.3 Å². The quantitative estimate of drug-likeness (QED) is 0.754. The number of cyclic esters (lactones) is 1. The van der Waals surface area contributed by atoms with Gasteiger partial charge in [-0.05, 0) is 43.0 Å². The van der Waals surface area contributed by atoms with Gasteiger partial charge in [0.15, 0.2) is 11.5 Å². The first kappa shape index (κ1) is 17.3. The summed E-state index contributed by atoms with van der Waals surface area (Å²) in [6.45, 7) is 2.54. The number of hydrogen-bond donors (Lipinski definition) is 0. The van der Waals surface area contributed by atoms with Crippen LogP contribution in [0.2, 0.25) is 0 Å². The standard InChI is InChI=1S/C21H24O4/c1-14-5-4-6-15(9-14)11-18-17(13-25-21(18)22)10-16-7-8-19(23-2)20(12-16)24-3/h4-9,12,17-18H,10-11,13H2,1-3H3. The molecule has 0 aliphatic carbocycles. The Balaban J connectivity index is 1.75. The molecule has 0 aromatic heterocycles. The number of carbonyl (C=O) groups is 1. The summed E-state index contributed by atoms with van der Waals surface area (Å²) in [6, 6.07) is 14.2. The monoisotopic (exact) mass is 340 g/mol. The summed E-state index contributed by atoms with van der Waals surface area (Å²) in [4.78, 5) is 12.2. The van der Waals surface area contributed by atoms with Crippen LogP contribution in [0.5, 0.6) is 11.5 Å². The minimum absolute atomic E-state index is 0.0908. The maximum absolute atomic E-state index is 12.2. The van der Waals surface area contributed by atoms with Gasteiger partial charge in [0.05, 0.1) is 26.7 Å². The van der Waals surface area contributed by atoms with Gasteiger partial charge in [0.1, 0.15) is 0 Å². The van der Waals surface area contributed by atoms with Crippen LogP contribution in [0, 0.1) is 18.8 Å². The summed E-state index contributed by atoms with van der Waals surface area (Å²) in [6.07, 6.45) is 1.50. The van der Waals surface area contributed by atoms with Crippen molar-refractivity contribution in [3.8, 4) is 11.5 Å². The van der Waals surface area contributed by atoms with E-state index in [-0.39, 0.29) is 17.8 Å². The molecule has 0 bridgehead atoms. The number of rotatable bonds is 6. The van der Waals surface area contributed by atoms with Crippen LogP contribution in [0.3, 0.4) is 0 Å². The van der Waals surface area contributed by atoms with Gasteiger partial charge in [-0.3, -0.25) is 4.79 Å². The summed E-state index contributed by atoms with van der Waals surface area (Å²) in [7, 11) is 3.25.